The summed E-state index contributed by atoms with van der Waals surface area (Å²) in [7, 11) is 0. The van der Waals surface area contributed by atoms with E-state index in [1.54, 1.807) is 6.20 Å². The van der Waals surface area contributed by atoms with Crippen LogP contribution < -0.4 is 5.32 Å². The van der Waals surface area contributed by atoms with Crippen molar-refractivity contribution in [2.45, 2.75) is 13.3 Å². The van der Waals surface area contributed by atoms with Crippen LogP contribution in [0.5, 0.6) is 11.5 Å². The number of benzene rings is 1. The number of hydrogen-bond acceptors (Lipinski definition) is 4. The smallest absolute Gasteiger partial charge is 0.251 e. The highest BCUT2D eigenvalue weighted by Crippen LogP contribution is 2.20. The molecule has 3 N–H and O–H groups in total. The molecule has 0 bridgehead atoms. The van der Waals surface area contributed by atoms with Crippen molar-refractivity contribution < 1.29 is 15.0 Å². The van der Waals surface area contributed by atoms with E-state index < -0.39 is 0 Å². The van der Waals surface area contributed by atoms with E-state index in [0.717, 1.165) is 11.3 Å². The predicted octanol–water partition coefficient (Wildman–Crippen LogP) is 1.77. The second-order valence-corrected chi connectivity index (χ2v) is 4.55. The van der Waals surface area contributed by atoms with Crippen LogP contribution >= 0.6 is 0 Å². The first kappa shape index (κ1) is 13.9. The fourth-order valence-corrected chi connectivity index (χ4v) is 1.80. The number of nitrogens with one attached hydrogen (secondary N) is 1. The van der Waals surface area contributed by atoms with Crippen LogP contribution in [0.15, 0.2) is 36.5 Å². The molecule has 0 saturated heterocycles. The topological polar surface area (TPSA) is 82.5 Å². The van der Waals surface area contributed by atoms with E-state index in [1.807, 2.05) is 19.1 Å². The Morgan fingerprint density at radius 2 is 1.90 bits per heavy atom. The van der Waals surface area contributed by atoms with Crippen molar-refractivity contribution in [1.29, 1.82) is 0 Å². The number of aryl methyl sites for hydroxylation is 1. The summed E-state index contributed by atoms with van der Waals surface area (Å²) >= 11 is 0. The Morgan fingerprint density at radius 1 is 1.20 bits per heavy atom. The van der Waals surface area contributed by atoms with Crippen molar-refractivity contribution in [3.8, 4) is 11.5 Å². The number of carbonyl (C=O) groups is 1. The Labute approximate surface area is 116 Å². The molecule has 0 radical (unpaired) electrons. The number of rotatable bonds is 4. The molecule has 20 heavy (non-hydrogen) atoms. The van der Waals surface area contributed by atoms with E-state index in [-0.39, 0.29) is 23.0 Å². The molecule has 1 aromatic heterocycles. The van der Waals surface area contributed by atoms with E-state index in [1.165, 1.54) is 18.2 Å². The maximum atomic E-state index is 11.8. The van der Waals surface area contributed by atoms with E-state index in [9.17, 15) is 15.0 Å². The minimum atomic E-state index is -0.337. The van der Waals surface area contributed by atoms with E-state index in [4.69, 9.17) is 0 Å². The molecular weight excluding hydrogens is 256 g/mol. The number of aromatic nitrogens is 1. The highest BCUT2D eigenvalue weighted by molar-refractivity contribution is 5.95. The third kappa shape index (κ3) is 3.71. The molecular formula is C15H16N2O3. The molecule has 5 nitrogen and oxygen atoms in total. The standard InChI is InChI=1S/C15H16N2O3/c1-10-2-3-11(9-17-10)4-5-16-15(20)12-6-13(18)8-14(19)7-12/h2-3,6-9,18-19H,4-5H2,1H3,(H,16,20). The van der Waals surface area contributed by atoms with Crippen LogP contribution in [0.25, 0.3) is 0 Å². The first-order chi connectivity index (χ1) is 9.54. The Kier molecular flexibility index (Phi) is 4.20. The van der Waals surface area contributed by atoms with Gasteiger partial charge in [-0.05, 0) is 37.1 Å². The van der Waals surface area contributed by atoms with Gasteiger partial charge in [0.15, 0.2) is 0 Å². The van der Waals surface area contributed by atoms with Gasteiger partial charge in [-0.3, -0.25) is 9.78 Å². The monoisotopic (exact) mass is 272 g/mol. The lowest BCUT2D eigenvalue weighted by Gasteiger charge is -2.06. The molecule has 1 heterocycles. The number of phenols is 2. The molecule has 0 unspecified atom stereocenters. The molecule has 104 valence electrons. The first-order valence-corrected chi connectivity index (χ1v) is 6.27. The summed E-state index contributed by atoms with van der Waals surface area (Å²) < 4.78 is 0. The summed E-state index contributed by atoms with van der Waals surface area (Å²) in [5, 5.41) is 21.4. The van der Waals surface area contributed by atoms with Gasteiger partial charge in [0.25, 0.3) is 5.91 Å². The minimum Gasteiger partial charge on any atom is -0.508 e. The summed E-state index contributed by atoms with van der Waals surface area (Å²) in [5.41, 5.74) is 2.22. The Hall–Kier alpha value is -2.56. The van der Waals surface area contributed by atoms with Crippen LogP contribution in [0.3, 0.4) is 0 Å². The summed E-state index contributed by atoms with van der Waals surface area (Å²) in [4.78, 5) is 16.0. The lowest BCUT2D eigenvalue weighted by Crippen LogP contribution is -2.25. The molecule has 0 saturated carbocycles. The number of nitrogens with zero attached hydrogens (tertiary/aromatic N) is 1. The number of phenolic OH excluding ortho intramolecular Hbond substituents is 2. The van der Waals surface area contributed by atoms with Gasteiger partial charge in [-0.1, -0.05) is 6.07 Å². The second-order valence-electron chi connectivity index (χ2n) is 4.55. The van der Waals surface area contributed by atoms with Crippen LogP contribution in [-0.4, -0.2) is 27.6 Å². The number of pyridine rings is 1. The molecule has 0 atom stereocenters. The van der Waals surface area contributed by atoms with E-state index >= 15 is 0 Å². The molecule has 5 heteroatoms. The quantitative estimate of drug-likeness (QED) is 0.792. The summed E-state index contributed by atoms with van der Waals surface area (Å²) in [6.45, 7) is 2.37. The molecule has 1 amide bonds. The highest BCUT2D eigenvalue weighted by atomic mass is 16.3. The molecule has 2 aromatic rings. The van der Waals surface area contributed by atoms with Crippen molar-refractivity contribution >= 4 is 5.91 Å². The van der Waals surface area contributed by atoms with Crippen LogP contribution in [-0.2, 0) is 6.42 Å². The summed E-state index contributed by atoms with van der Waals surface area (Å²) in [6, 6.07) is 7.68. The van der Waals surface area contributed by atoms with Crippen molar-refractivity contribution in [2.75, 3.05) is 6.54 Å². The van der Waals surface area contributed by atoms with Gasteiger partial charge in [0.1, 0.15) is 11.5 Å². The molecule has 0 aliphatic carbocycles. The Morgan fingerprint density at radius 3 is 2.50 bits per heavy atom. The number of hydrogen-bond donors (Lipinski definition) is 3. The van der Waals surface area contributed by atoms with Crippen molar-refractivity contribution in [3.63, 3.8) is 0 Å². The molecule has 0 spiro atoms. The predicted molar refractivity (Wildman–Crippen MR) is 74.8 cm³/mol. The SMILES string of the molecule is Cc1ccc(CCNC(=O)c2cc(O)cc(O)c2)cn1. The van der Waals surface area contributed by atoms with Crippen LogP contribution in [0.4, 0.5) is 0 Å². The van der Waals surface area contributed by atoms with Gasteiger partial charge >= 0.3 is 0 Å². The van der Waals surface area contributed by atoms with Crippen molar-refractivity contribution in [3.05, 3.63) is 53.3 Å². The van der Waals surface area contributed by atoms with E-state index in [0.29, 0.717) is 13.0 Å². The highest BCUT2D eigenvalue weighted by Gasteiger charge is 2.08. The maximum Gasteiger partial charge on any atom is 0.251 e. The van der Waals surface area contributed by atoms with Gasteiger partial charge in [0.05, 0.1) is 0 Å². The van der Waals surface area contributed by atoms with Gasteiger partial charge in [0, 0.05) is 30.1 Å². The Balaban J connectivity index is 1.90. The number of carbonyl (C=O) groups excluding carboxylic acids is 1. The number of amides is 1. The summed E-state index contributed by atoms with van der Waals surface area (Å²) in [5.74, 6) is -0.618. The van der Waals surface area contributed by atoms with Gasteiger partial charge in [0.2, 0.25) is 0 Å². The van der Waals surface area contributed by atoms with Crippen molar-refractivity contribution in [2.24, 2.45) is 0 Å². The average molecular weight is 272 g/mol. The zero-order chi connectivity index (χ0) is 14.5. The fourth-order valence-electron chi connectivity index (χ4n) is 1.80. The largest absolute Gasteiger partial charge is 0.508 e. The molecule has 0 aliphatic heterocycles. The average Bonchev–Trinajstić information content (AvgIpc) is 2.40. The second kappa shape index (κ2) is 6.06. The zero-order valence-corrected chi connectivity index (χ0v) is 11.1. The van der Waals surface area contributed by atoms with Crippen molar-refractivity contribution in [1.82, 2.24) is 10.3 Å². The zero-order valence-electron chi connectivity index (χ0n) is 11.1. The number of aromatic hydroxyl groups is 2. The molecule has 1 aromatic carbocycles. The first-order valence-electron chi connectivity index (χ1n) is 6.27. The normalized spacial score (nSPS) is 10.2. The van der Waals surface area contributed by atoms with Gasteiger partial charge in [-0.2, -0.15) is 0 Å². The van der Waals surface area contributed by atoms with Crippen LogP contribution in [0, 0.1) is 6.92 Å². The molecule has 0 fully saturated rings. The van der Waals surface area contributed by atoms with Crippen LogP contribution in [0.2, 0.25) is 0 Å². The fraction of sp³-hybridized carbons (Fsp3) is 0.200. The third-order valence-electron chi connectivity index (χ3n) is 2.84. The molecule has 0 aliphatic rings. The minimum absolute atomic E-state index is 0.141. The van der Waals surface area contributed by atoms with Gasteiger partial charge in [-0.25, -0.2) is 0 Å². The lowest BCUT2D eigenvalue weighted by atomic mass is 10.1. The summed E-state index contributed by atoms with van der Waals surface area (Å²) in [6.07, 6.45) is 2.45. The maximum absolute atomic E-state index is 11.8. The van der Waals surface area contributed by atoms with E-state index in [2.05, 4.69) is 10.3 Å². The van der Waals surface area contributed by atoms with Gasteiger partial charge in [-0.15, -0.1) is 0 Å². The third-order valence-corrected chi connectivity index (χ3v) is 2.84. The van der Waals surface area contributed by atoms with Gasteiger partial charge < -0.3 is 15.5 Å². The Bertz CT molecular complexity index is 589. The lowest BCUT2D eigenvalue weighted by molar-refractivity contribution is 0.0953. The molecule has 2 rings (SSSR count). The van der Waals surface area contributed by atoms with Crippen LogP contribution in [0.1, 0.15) is 21.6 Å².